The maximum Gasteiger partial charge on any atom is 0.228 e. The van der Waals surface area contributed by atoms with Gasteiger partial charge in [-0.05, 0) is 60.9 Å². The molecule has 24 heavy (non-hydrogen) atoms. The number of anilines is 2. The van der Waals surface area contributed by atoms with E-state index in [0.29, 0.717) is 17.8 Å². The second-order valence-corrected chi connectivity index (χ2v) is 5.73. The predicted octanol–water partition coefficient (Wildman–Crippen LogP) is 3.45. The molecule has 0 unspecified atom stereocenters. The van der Waals surface area contributed by atoms with Gasteiger partial charge in [0.1, 0.15) is 5.75 Å². The van der Waals surface area contributed by atoms with E-state index >= 15 is 0 Å². The Kier molecular flexibility index (Phi) is 5.58. The van der Waals surface area contributed by atoms with E-state index in [4.69, 9.17) is 4.74 Å². The van der Waals surface area contributed by atoms with E-state index in [1.165, 1.54) is 6.92 Å². The number of amides is 2. The van der Waals surface area contributed by atoms with Crippen molar-refractivity contribution >= 4 is 23.2 Å². The van der Waals surface area contributed by atoms with Crippen molar-refractivity contribution in [3.63, 3.8) is 0 Å². The van der Waals surface area contributed by atoms with E-state index in [9.17, 15) is 9.59 Å². The molecule has 0 saturated heterocycles. The fourth-order valence-electron chi connectivity index (χ4n) is 2.48. The number of nitrogens with one attached hydrogen (secondary N) is 2. The number of carbonyl (C=O) groups excluding carboxylic acids is 2. The molecular formula is C19H22N2O3. The van der Waals surface area contributed by atoms with Gasteiger partial charge < -0.3 is 15.4 Å². The molecule has 0 saturated carbocycles. The average Bonchev–Trinajstić information content (AvgIpc) is 2.52. The molecule has 0 aliphatic heterocycles. The molecular weight excluding hydrogens is 304 g/mol. The van der Waals surface area contributed by atoms with Crippen molar-refractivity contribution in [1.82, 2.24) is 0 Å². The predicted molar refractivity (Wildman–Crippen MR) is 95.5 cm³/mol. The Balaban J connectivity index is 2.03. The van der Waals surface area contributed by atoms with Gasteiger partial charge >= 0.3 is 0 Å². The molecule has 2 aromatic rings. The maximum atomic E-state index is 12.3. The SMILES string of the molecule is COc1cc(C)c(CC(=O)Nc2ccc(NC(C)=O)cc2)cc1C. The van der Waals surface area contributed by atoms with Gasteiger partial charge in [-0.2, -0.15) is 0 Å². The summed E-state index contributed by atoms with van der Waals surface area (Å²) in [5.74, 6) is 0.609. The highest BCUT2D eigenvalue weighted by Crippen LogP contribution is 2.23. The first-order valence-corrected chi connectivity index (χ1v) is 7.70. The molecule has 5 nitrogen and oxygen atoms in total. The van der Waals surface area contributed by atoms with Crippen molar-refractivity contribution in [2.75, 3.05) is 17.7 Å². The van der Waals surface area contributed by atoms with Gasteiger partial charge in [-0.15, -0.1) is 0 Å². The van der Waals surface area contributed by atoms with Gasteiger partial charge in [-0.25, -0.2) is 0 Å². The van der Waals surface area contributed by atoms with Crippen LogP contribution in [0.15, 0.2) is 36.4 Å². The van der Waals surface area contributed by atoms with Crippen molar-refractivity contribution in [3.05, 3.63) is 53.1 Å². The third-order valence-corrected chi connectivity index (χ3v) is 3.69. The van der Waals surface area contributed by atoms with Crippen LogP contribution in [-0.2, 0) is 16.0 Å². The van der Waals surface area contributed by atoms with Crippen LogP contribution in [-0.4, -0.2) is 18.9 Å². The Morgan fingerprint density at radius 3 is 2.08 bits per heavy atom. The fraction of sp³-hybridized carbons (Fsp3) is 0.263. The lowest BCUT2D eigenvalue weighted by Crippen LogP contribution is -2.15. The van der Waals surface area contributed by atoms with Gasteiger partial charge in [0, 0.05) is 18.3 Å². The molecule has 0 fully saturated rings. The first kappa shape index (κ1) is 17.5. The topological polar surface area (TPSA) is 67.4 Å². The summed E-state index contributed by atoms with van der Waals surface area (Å²) in [4.78, 5) is 23.2. The summed E-state index contributed by atoms with van der Waals surface area (Å²) < 4.78 is 5.29. The quantitative estimate of drug-likeness (QED) is 0.884. The summed E-state index contributed by atoms with van der Waals surface area (Å²) in [5, 5.41) is 5.55. The second-order valence-electron chi connectivity index (χ2n) is 5.73. The van der Waals surface area contributed by atoms with Gasteiger partial charge in [0.2, 0.25) is 11.8 Å². The van der Waals surface area contributed by atoms with E-state index < -0.39 is 0 Å². The molecule has 5 heteroatoms. The molecule has 0 radical (unpaired) electrons. The summed E-state index contributed by atoms with van der Waals surface area (Å²) in [6.07, 6.45) is 0.296. The van der Waals surface area contributed by atoms with Crippen LogP contribution in [0.25, 0.3) is 0 Å². The molecule has 2 N–H and O–H groups in total. The Labute approximate surface area is 142 Å². The molecule has 0 bridgehead atoms. The highest BCUT2D eigenvalue weighted by molar-refractivity contribution is 5.93. The van der Waals surface area contributed by atoms with Gasteiger partial charge in [0.15, 0.2) is 0 Å². The van der Waals surface area contributed by atoms with Gasteiger partial charge in [0.05, 0.1) is 13.5 Å². The molecule has 2 rings (SSSR count). The Hall–Kier alpha value is -2.82. The minimum Gasteiger partial charge on any atom is -0.496 e. The number of hydrogen-bond donors (Lipinski definition) is 2. The second kappa shape index (κ2) is 7.64. The van der Waals surface area contributed by atoms with E-state index in [0.717, 1.165) is 22.4 Å². The molecule has 2 aromatic carbocycles. The summed E-state index contributed by atoms with van der Waals surface area (Å²) in [6.45, 7) is 5.38. The summed E-state index contributed by atoms with van der Waals surface area (Å²) >= 11 is 0. The minimum atomic E-state index is -0.128. The van der Waals surface area contributed by atoms with Crippen LogP contribution in [0.3, 0.4) is 0 Å². The molecule has 2 amide bonds. The Bertz CT molecular complexity index is 752. The maximum absolute atomic E-state index is 12.3. The van der Waals surface area contributed by atoms with E-state index in [1.54, 1.807) is 31.4 Å². The van der Waals surface area contributed by atoms with Gasteiger partial charge in [0.25, 0.3) is 0 Å². The number of aryl methyl sites for hydroxylation is 2. The molecule has 0 atom stereocenters. The summed E-state index contributed by atoms with van der Waals surface area (Å²) in [6, 6.07) is 10.9. The molecule has 0 aromatic heterocycles. The molecule has 0 spiro atoms. The number of methoxy groups -OCH3 is 1. The third kappa shape index (κ3) is 4.59. The number of benzene rings is 2. The highest BCUT2D eigenvalue weighted by atomic mass is 16.5. The highest BCUT2D eigenvalue weighted by Gasteiger charge is 2.10. The van der Waals surface area contributed by atoms with Gasteiger partial charge in [-0.1, -0.05) is 6.07 Å². The van der Waals surface area contributed by atoms with Crippen LogP contribution in [0.1, 0.15) is 23.6 Å². The Morgan fingerprint density at radius 2 is 1.54 bits per heavy atom. The van der Waals surface area contributed by atoms with Crippen LogP contribution < -0.4 is 15.4 Å². The minimum absolute atomic E-state index is 0.0880. The van der Waals surface area contributed by atoms with Crippen LogP contribution >= 0.6 is 0 Å². The molecule has 0 aliphatic rings. The number of hydrogen-bond acceptors (Lipinski definition) is 3. The van der Waals surface area contributed by atoms with Crippen molar-refractivity contribution in [3.8, 4) is 5.75 Å². The average molecular weight is 326 g/mol. The zero-order valence-corrected chi connectivity index (χ0v) is 14.4. The monoisotopic (exact) mass is 326 g/mol. The summed E-state index contributed by atoms with van der Waals surface area (Å²) in [7, 11) is 1.64. The van der Waals surface area contributed by atoms with Crippen molar-refractivity contribution < 1.29 is 14.3 Å². The van der Waals surface area contributed by atoms with Crippen molar-refractivity contribution in [2.45, 2.75) is 27.2 Å². The summed E-state index contributed by atoms with van der Waals surface area (Å²) in [5.41, 5.74) is 4.39. The molecule has 0 heterocycles. The smallest absolute Gasteiger partial charge is 0.228 e. The first-order valence-electron chi connectivity index (χ1n) is 7.70. The number of carbonyl (C=O) groups is 2. The van der Waals surface area contributed by atoms with Crippen LogP contribution in [0.2, 0.25) is 0 Å². The van der Waals surface area contributed by atoms with Crippen molar-refractivity contribution in [2.24, 2.45) is 0 Å². The lowest BCUT2D eigenvalue weighted by molar-refractivity contribution is -0.116. The lowest BCUT2D eigenvalue weighted by Gasteiger charge is -2.12. The van der Waals surface area contributed by atoms with E-state index in [1.807, 2.05) is 26.0 Å². The van der Waals surface area contributed by atoms with Gasteiger partial charge in [-0.3, -0.25) is 9.59 Å². The lowest BCUT2D eigenvalue weighted by atomic mass is 10.0. The van der Waals surface area contributed by atoms with E-state index in [2.05, 4.69) is 10.6 Å². The van der Waals surface area contributed by atoms with Crippen molar-refractivity contribution in [1.29, 1.82) is 0 Å². The van der Waals surface area contributed by atoms with Crippen LogP contribution in [0, 0.1) is 13.8 Å². The van der Waals surface area contributed by atoms with Crippen LogP contribution in [0.4, 0.5) is 11.4 Å². The first-order chi connectivity index (χ1) is 11.4. The third-order valence-electron chi connectivity index (χ3n) is 3.69. The van der Waals surface area contributed by atoms with E-state index in [-0.39, 0.29) is 11.8 Å². The van der Waals surface area contributed by atoms with Crippen LogP contribution in [0.5, 0.6) is 5.75 Å². The zero-order chi connectivity index (χ0) is 17.7. The zero-order valence-electron chi connectivity index (χ0n) is 14.4. The normalized spacial score (nSPS) is 10.2. The largest absolute Gasteiger partial charge is 0.496 e. The molecule has 0 aliphatic carbocycles. The standard InChI is InChI=1S/C19H22N2O3/c1-12-10-18(24-4)13(2)9-15(12)11-19(23)21-17-7-5-16(6-8-17)20-14(3)22/h5-10H,11H2,1-4H3,(H,20,22)(H,21,23). The Morgan fingerprint density at radius 1 is 0.958 bits per heavy atom. The fourth-order valence-corrected chi connectivity index (χ4v) is 2.48. The number of ether oxygens (including phenoxy) is 1. The number of rotatable bonds is 5. The molecule has 126 valence electrons.